The highest BCUT2D eigenvalue weighted by atomic mass is 32.2. The van der Waals surface area contributed by atoms with Gasteiger partial charge in [0.2, 0.25) is 5.91 Å². The number of hydrogen-bond acceptors (Lipinski definition) is 3. The van der Waals surface area contributed by atoms with Crippen molar-refractivity contribution in [2.24, 2.45) is 23.2 Å². The molecule has 182 valence electrons. The third-order valence-electron chi connectivity index (χ3n) is 8.67. The number of rotatable bonds is 7. The normalized spacial score (nSPS) is 26.7. The Morgan fingerprint density at radius 1 is 1.00 bits per heavy atom. The molecule has 0 spiro atoms. The Bertz CT molecular complexity index is 1200. The molecule has 4 nitrogen and oxygen atoms in total. The Morgan fingerprint density at radius 3 is 2.34 bits per heavy atom. The minimum absolute atomic E-state index is 0.126. The van der Waals surface area contributed by atoms with Gasteiger partial charge in [-0.25, -0.2) is 4.98 Å². The quantitative estimate of drug-likeness (QED) is 0.385. The van der Waals surface area contributed by atoms with Crippen LogP contribution in [0.1, 0.15) is 49.7 Å². The van der Waals surface area contributed by atoms with Crippen molar-refractivity contribution in [2.75, 3.05) is 12.3 Å². The maximum absolute atomic E-state index is 12.9. The van der Waals surface area contributed by atoms with Crippen LogP contribution in [0.25, 0.3) is 16.9 Å². The SMILES string of the molecule is Cc1ccc(-c2cn(-c3ccccc3)c(SCC(=O)NCC34CC5CC(CC(C5)C3)C4)n2)cc1C. The van der Waals surface area contributed by atoms with Crippen LogP contribution in [0.4, 0.5) is 0 Å². The predicted octanol–water partition coefficient (Wildman–Crippen LogP) is 6.58. The van der Waals surface area contributed by atoms with Crippen LogP contribution < -0.4 is 5.32 Å². The number of nitrogens with one attached hydrogen (secondary N) is 1. The first-order chi connectivity index (χ1) is 17.0. The van der Waals surface area contributed by atoms with Gasteiger partial charge >= 0.3 is 0 Å². The molecule has 5 heteroatoms. The number of thioether (sulfide) groups is 1. The summed E-state index contributed by atoms with van der Waals surface area (Å²) in [7, 11) is 0. The zero-order chi connectivity index (χ0) is 24.0. The summed E-state index contributed by atoms with van der Waals surface area (Å²) >= 11 is 1.53. The fraction of sp³-hybridized carbons (Fsp3) is 0.467. The van der Waals surface area contributed by atoms with Gasteiger partial charge in [-0.05, 0) is 105 Å². The Kier molecular flexibility index (Phi) is 6.00. The molecule has 4 saturated carbocycles. The number of aromatic nitrogens is 2. The molecule has 3 aromatic rings. The van der Waals surface area contributed by atoms with E-state index in [1.165, 1.54) is 61.4 Å². The van der Waals surface area contributed by atoms with Crippen molar-refractivity contribution in [2.45, 2.75) is 57.5 Å². The van der Waals surface area contributed by atoms with E-state index in [1.54, 1.807) is 0 Å². The van der Waals surface area contributed by atoms with Gasteiger partial charge in [-0.3, -0.25) is 9.36 Å². The van der Waals surface area contributed by atoms with Crippen LogP contribution in [0.5, 0.6) is 0 Å². The topological polar surface area (TPSA) is 46.9 Å². The van der Waals surface area contributed by atoms with E-state index >= 15 is 0 Å². The highest BCUT2D eigenvalue weighted by molar-refractivity contribution is 7.99. The molecule has 0 radical (unpaired) electrons. The van der Waals surface area contributed by atoms with Gasteiger partial charge in [-0.15, -0.1) is 0 Å². The summed E-state index contributed by atoms with van der Waals surface area (Å²) in [5.74, 6) is 3.25. The van der Waals surface area contributed by atoms with Crippen LogP contribution in [-0.2, 0) is 4.79 Å². The zero-order valence-corrected chi connectivity index (χ0v) is 21.6. The van der Waals surface area contributed by atoms with Gasteiger partial charge in [0.25, 0.3) is 0 Å². The molecule has 0 atom stereocenters. The van der Waals surface area contributed by atoms with E-state index in [0.29, 0.717) is 11.2 Å². The number of imidazole rings is 1. The molecule has 0 unspecified atom stereocenters. The first-order valence-electron chi connectivity index (χ1n) is 13.1. The molecule has 4 fully saturated rings. The molecule has 1 heterocycles. The smallest absolute Gasteiger partial charge is 0.230 e. The van der Waals surface area contributed by atoms with Crippen molar-refractivity contribution >= 4 is 17.7 Å². The number of carbonyl (C=O) groups excluding carboxylic acids is 1. The summed E-state index contributed by atoms with van der Waals surface area (Å²) in [5.41, 5.74) is 6.01. The molecule has 0 saturated heterocycles. The van der Waals surface area contributed by atoms with Gasteiger partial charge in [-0.1, -0.05) is 42.1 Å². The average Bonchev–Trinajstić information content (AvgIpc) is 3.27. The monoisotopic (exact) mass is 485 g/mol. The van der Waals surface area contributed by atoms with Crippen molar-refractivity contribution in [3.63, 3.8) is 0 Å². The fourth-order valence-electron chi connectivity index (χ4n) is 7.25. The summed E-state index contributed by atoms with van der Waals surface area (Å²) in [6, 6.07) is 16.7. The molecule has 4 aliphatic carbocycles. The average molecular weight is 486 g/mol. The van der Waals surface area contributed by atoms with Gasteiger partial charge in [0.15, 0.2) is 5.16 Å². The van der Waals surface area contributed by atoms with Crippen molar-refractivity contribution in [3.05, 3.63) is 65.9 Å². The van der Waals surface area contributed by atoms with Gasteiger partial charge in [0.05, 0.1) is 11.4 Å². The van der Waals surface area contributed by atoms with E-state index in [2.05, 4.69) is 60.3 Å². The number of hydrogen-bond donors (Lipinski definition) is 1. The van der Waals surface area contributed by atoms with E-state index in [-0.39, 0.29) is 5.91 Å². The van der Waals surface area contributed by atoms with Crippen LogP contribution in [0.2, 0.25) is 0 Å². The Labute approximate surface area is 212 Å². The molecule has 35 heavy (non-hydrogen) atoms. The van der Waals surface area contributed by atoms with E-state index in [4.69, 9.17) is 4.98 Å². The first-order valence-corrected chi connectivity index (χ1v) is 14.1. The standard InChI is InChI=1S/C30H35N3OS/c1-20-8-9-25(10-21(20)2)27-17-33(26-6-4-3-5-7-26)29(32-27)35-18-28(34)31-19-30-14-22-11-23(15-30)13-24(12-22)16-30/h3-10,17,22-24H,11-16,18-19H2,1-2H3,(H,31,34). The van der Waals surface area contributed by atoms with Crippen LogP contribution in [0, 0.1) is 37.0 Å². The zero-order valence-electron chi connectivity index (χ0n) is 20.8. The fourth-order valence-corrected chi connectivity index (χ4v) is 8.07. The first kappa shape index (κ1) is 22.9. The number of nitrogens with zero attached hydrogens (tertiary/aromatic N) is 2. The molecule has 4 aliphatic rings. The highest BCUT2D eigenvalue weighted by Crippen LogP contribution is 2.59. The number of benzene rings is 2. The van der Waals surface area contributed by atoms with Crippen LogP contribution in [0.15, 0.2) is 59.9 Å². The maximum Gasteiger partial charge on any atom is 0.230 e. The largest absolute Gasteiger partial charge is 0.355 e. The number of para-hydroxylation sites is 1. The van der Waals surface area contributed by atoms with Crippen molar-refractivity contribution in [3.8, 4) is 16.9 Å². The predicted molar refractivity (Wildman–Crippen MR) is 143 cm³/mol. The molecule has 1 amide bonds. The summed E-state index contributed by atoms with van der Waals surface area (Å²) in [6.45, 7) is 5.12. The molecule has 2 aromatic carbocycles. The molecule has 7 rings (SSSR count). The van der Waals surface area contributed by atoms with Gasteiger partial charge < -0.3 is 5.32 Å². The van der Waals surface area contributed by atoms with Crippen molar-refractivity contribution in [1.82, 2.24) is 14.9 Å². The lowest BCUT2D eigenvalue weighted by molar-refractivity contribution is -0.120. The summed E-state index contributed by atoms with van der Waals surface area (Å²) in [5, 5.41) is 4.18. The van der Waals surface area contributed by atoms with E-state index < -0.39 is 0 Å². The van der Waals surface area contributed by atoms with Crippen molar-refractivity contribution in [1.29, 1.82) is 0 Å². The maximum atomic E-state index is 12.9. The van der Waals surface area contributed by atoms with Crippen LogP contribution in [0.3, 0.4) is 0 Å². The molecule has 1 N–H and O–H groups in total. The highest BCUT2D eigenvalue weighted by Gasteiger charge is 2.50. The van der Waals surface area contributed by atoms with Gasteiger partial charge in [-0.2, -0.15) is 0 Å². The van der Waals surface area contributed by atoms with E-state index in [0.717, 1.165) is 46.4 Å². The number of carbonyl (C=O) groups is 1. The van der Waals surface area contributed by atoms with Crippen LogP contribution >= 0.6 is 11.8 Å². The Balaban J connectivity index is 1.16. The molecular weight excluding hydrogens is 450 g/mol. The lowest BCUT2D eigenvalue weighted by Gasteiger charge is -2.56. The van der Waals surface area contributed by atoms with E-state index in [1.807, 2.05) is 18.2 Å². The second-order valence-electron chi connectivity index (χ2n) is 11.4. The summed E-state index contributed by atoms with van der Waals surface area (Å²) in [6.07, 6.45) is 10.4. The second kappa shape index (κ2) is 9.16. The number of amides is 1. The van der Waals surface area contributed by atoms with Gasteiger partial charge in [0, 0.05) is 24.0 Å². The summed E-state index contributed by atoms with van der Waals surface area (Å²) in [4.78, 5) is 17.9. The lowest BCUT2D eigenvalue weighted by atomic mass is 9.49. The summed E-state index contributed by atoms with van der Waals surface area (Å²) < 4.78 is 2.11. The number of aryl methyl sites for hydroxylation is 2. The molecule has 0 aliphatic heterocycles. The Hall–Kier alpha value is -2.53. The molecule has 4 bridgehead atoms. The van der Waals surface area contributed by atoms with E-state index in [9.17, 15) is 4.79 Å². The lowest BCUT2D eigenvalue weighted by Crippen LogP contribution is -2.51. The Morgan fingerprint density at radius 2 is 1.69 bits per heavy atom. The third kappa shape index (κ3) is 4.67. The van der Waals surface area contributed by atoms with Crippen LogP contribution in [-0.4, -0.2) is 27.8 Å². The second-order valence-corrected chi connectivity index (χ2v) is 12.3. The molecular formula is C30H35N3OS. The van der Waals surface area contributed by atoms with Gasteiger partial charge in [0.1, 0.15) is 0 Å². The van der Waals surface area contributed by atoms with Crippen molar-refractivity contribution < 1.29 is 4.79 Å². The third-order valence-corrected chi connectivity index (χ3v) is 9.62. The minimum Gasteiger partial charge on any atom is -0.355 e. The molecule has 1 aromatic heterocycles. The minimum atomic E-state index is 0.126.